The topological polar surface area (TPSA) is 51.8 Å². The SMILES string of the molecule is Cc1cc(C)nc(Sc2ccccc2CCN)n1. The van der Waals surface area contributed by atoms with Gasteiger partial charge in [-0.1, -0.05) is 18.2 Å². The predicted octanol–water partition coefficient (Wildman–Crippen LogP) is 2.75. The van der Waals surface area contributed by atoms with E-state index in [0.717, 1.165) is 23.0 Å². The molecule has 0 radical (unpaired) electrons. The second kappa shape index (κ2) is 5.98. The van der Waals surface area contributed by atoms with Crippen molar-refractivity contribution in [1.29, 1.82) is 0 Å². The Labute approximate surface area is 112 Å². The molecule has 2 rings (SSSR count). The van der Waals surface area contributed by atoms with Crippen LogP contribution in [0.25, 0.3) is 0 Å². The number of hydrogen-bond donors (Lipinski definition) is 1. The molecule has 0 spiro atoms. The summed E-state index contributed by atoms with van der Waals surface area (Å²) >= 11 is 1.60. The average Bonchev–Trinajstić information content (AvgIpc) is 2.30. The van der Waals surface area contributed by atoms with Crippen LogP contribution in [0.3, 0.4) is 0 Å². The molecule has 4 heteroatoms. The number of aryl methyl sites for hydroxylation is 2. The van der Waals surface area contributed by atoms with Gasteiger partial charge in [0, 0.05) is 16.3 Å². The van der Waals surface area contributed by atoms with E-state index < -0.39 is 0 Å². The first kappa shape index (κ1) is 13.1. The van der Waals surface area contributed by atoms with E-state index in [9.17, 15) is 0 Å². The van der Waals surface area contributed by atoms with Gasteiger partial charge in [-0.25, -0.2) is 9.97 Å². The van der Waals surface area contributed by atoms with E-state index in [4.69, 9.17) is 5.73 Å². The number of nitrogens with zero attached hydrogens (tertiary/aromatic N) is 2. The summed E-state index contributed by atoms with van der Waals surface area (Å²) in [5, 5.41) is 0.803. The highest BCUT2D eigenvalue weighted by Gasteiger charge is 2.06. The van der Waals surface area contributed by atoms with Crippen molar-refractivity contribution < 1.29 is 0 Å². The monoisotopic (exact) mass is 259 g/mol. The first-order valence-electron chi connectivity index (χ1n) is 5.97. The summed E-state index contributed by atoms with van der Waals surface area (Å²) in [7, 11) is 0. The van der Waals surface area contributed by atoms with Crippen LogP contribution in [0.1, 0.15) is 17.0 Å². The van der Waals surface area contributed by atoms with E-state index in [1.165, 1.54) is 10.5 Å². The molecule has 94 valence electrons. The van der Waals surface area contributed by atoms with Gasteiger partial charge in [0.2, 0.25) is 0 Å². The minimum Gasteiger partial charge on any atom is -0.330 e. The third kappa shape index (κ3) is 3.31. The van der Waals surface area contributed by atoms with E-state index in [2.05, 4.69) is 22.1 Å². The maximum Gasteiger partial charge on any atom is 0.192 e. The van der Waals surface area contributed by atoms with Crippen molar-refractivity contribution in [2.45, 2.75) is 30.3 Å². The Morgan fingerprint density at radius 2 is 1.78 bits per heavy atom. The van der Waals surface area contributed by atoms with E-state index in [1.54, 1.807) is 11.8 Å². The Morgan fingerprint density at radius 3 is 2.44 bits per heavy atom. The summed E-state index contributed by atoms with van der Waals surface area (Å²) in [5.41, 5.74) is 8.89. The predicted molar refractivity (Wildman–Crippen MR) is 74.8 cm³/mol. The largest absolute Gasteiger partial charge is 0.330 e. The lowest BCUT2D eigenvalue weighted by molar-refractivity contribution is 0.897. The highest BCUT2D eigenvalue weighted by Crippen LogP contribution is 2.28. The van der Waals surface area contributed by atoms with E-state index >= 15 is 0 Å². The van der Waals surface area contributed by atoms with E-state index in [0.29, 0.717) is 6.54 Å². The van der Waals surface area contributed by atoms with Crippen LogP contribution >= 0.6 is 11.8 Å². The molecule has 1 aromatic carbocycles. The van der Waals surface area contributed by atoms with Crippen LogP contribution in [0.15, 0.2) is 40.4 Å². The second-order valence-corrected chi connectivity index (χ2v) is 5.19. The molecule has 0 saturated heterocycles. The smallest absolute Gasteiger partial charge is 0.192 e. The van der Waals surface area contributed by atoms with Crippen LogP contribution in [0.5, 0.6) is 0 Å². The van der Waals surface area contributed by atoms with Gasteiger partial charge in [0.25, 0.3) is 0 Å². The summed E-state index contributed by atoms with van der Waals surface area (Å²) in [6.07, 6.45) is 0.883. The lowest BCUT2D eigenvalue weighted by Gasteiger charge is -2.07. The fourth-order valence-electron chi connectivity index (χ4n) is 1.80. The van der Waals surface area contributed by atoms with Crippen LogP contribution in [0, 0.1) is 13.8 Å². The molecule has 0 bridgehead atoms. The molecule has 0 aliphatic rings. The van der Waals surface area contributed by atoms with Crippen molar-refractivity contribution in [2.24, 2.45) is 5.73 Å². The highest BCUT2D eigenvalue weighted by atomic mass is 32.2. The van der Waals surface area contributed by atoms with Gasteiger partial charge in [-0.15, -0.1) is 0 Å². The summed E-state index contributed by atoms with van der Waals surface area (Å²) < 4.78 is 0. The summed E-state index contributed by atoms with van der Waals surface area (Å²) in [6.45, 7) is 4.64. The lowest BCUT2D eigenvalue weighted by Crippen LogP contribution is -2.03. The average molecular weight is 259 g/mol. The normalized spacial score (nSPS) is 10.6. The highest BCUT2D eigenvalue weighted by molar-refractivity contribution is 7.99. The maximum atomic E-state index is 5.63. The van der Waals surface area contributed by atoms with Crippen molar-refractivity contribution in [2.75, 3.05) is 6.54 Å². The minimum absolute atomic E-state index is 0.658. The van der Waals surface area contributed by atoms with Gasteiger partial charge in [0.15, 0.2) is 5.16 Å². The number of hydrogen-bond acceptors (Lipinski definition) is 4. The Kier molecular flexibility index (Phi) is 4.33. The molecular weight excluding hydrogens is 242 g/mol. The molecular formula is C14H17N3S. The molecule has 1 heterocycles. The zero-order valence-corrected chi connectivity index (χ0v) is 11.5. The van der Waals surface area contributed by atoms with Gasteiger partial charge in [-0.3, -0.25) is 0 Å². The maximum absolute atomic E-state index is 5.63. The molecule has 3 nitrogen and oxygen atoms in total. The molecule has 0 saturated carbocycles. The molecule has 0 aliphatic heterocycles. The van der Waals surface area contributed by atoms with Crippen molar-refractivity contribution in [1.82, 2.24) is 9.97 Å². The molecule has 2 N–H and O–H groups in total. The van der Waals surface area contributed by atoms with Crippen molar-refractivity contribution in [3.05, 3.63) is 47.3 Å². The molecule has 18 heavy (non-hydrogen) atoms. The van der Waals surface area contributed by atoms with Gasteiger partial charge in [-0.05, 0) is 56.3 Å². The Hall–Kier alpha value is -1.39. The molecule has 0 atom stereocenters. The Bertz CT molecular complexity index is 520. The molecule has 0 aliphatic carbocycles. The van der Waals surface area contributed by atoms with Crippen LogP contribution < -0.4 is 5.73 Å². The van der Waals surface area contributed by atoms with Gasteiger partial charge in [-0.2, -0.15) is 0 Å². The zero-order valence-electron chi connectivity index (χ0n) is 10.7. The molecule has 0 unspecified atom stereocenters. The first-order chi connectivity index (χ1) is 8.69. The van der Waals surface area contributed by atoms with Gasteiger partial charge in [0.1, 0.15) is 0 Å². The number of benzene rings is 1. The van der Waals surface area contributed by atoms with Crippen LogP contribution in [0.2, 0.25) is 0 Å². The van der Waals surface area contributed by atoms with Crippen LogP contribution in [-0.4, -0.2) is 16.5 Å². The molecule has 1 aromatic heterocycles. The fraction of sp³-hybridized carbons (Fsp3) is 0.286. The van der Waals surface area contributed by atoms with Crippen molar-refractivity contribution in [3.63, 3.8) is 0 Å². The fourth-order valence-corrected chi connectivity index (χ4v) is 2.83. The van der Waals surface area contributed by atoms with Crippen LogP contribution in [0.4, 0.5) is 0 Å². The van der Waals surface area contributed by atoms with E-state index in [-0.39, 0.29) is 0 Å². The molecule has 0 fully saturated rings. The number of aromatic nitrogens is 2. The van der Waals surface area contributed by atoms with E-state index in [1.807, 2.05) is 32.0 Å². The summed E-state index contributed by atoms with van der Waals surface area (Å²) in [6, 6.07) is 10.3. The van der Waals surface area contributed by atoms with Crippen LogP contribution in [-0.2, 0) is 6.42 Å². The minimum atomic E-state index is 0.658. The van der Waals surface area contributed by atoms with Crippen molar-refractivity contribution in [3.8, 4) is 0 Å². The van der Waals surface area contributed by atoms with Gasteiger partial charge in [0.05, 0.1) is 0 Å². The Balaban J connectivity index is 2.27. The van der Waals surface area contributed by atoms with Gasteiger partial charge < -0.3 is 5.73 Å². The summed E-state index contributed by atoms with van der Waals surface area (Å²) in [4.78, 5) is 10.1. The Morgan fingerprint density at radius 1 is 1.11 bits per heavy atom. The number of rotatable bonds is 4. The van der Waals surface area contributed by atoms with Gasteiger partial charge >= 0.3 is 0 Å². The van der Waals surface area contributed by atoms with Crippen molar-refractivity contribution >= 4 is 11.8 Å². The summed E-state index contributed by atoms with van der Waals surface area (Å²) in [5.74, 6) is 0. The zero-order chi connectivity index (χ0) is 13.0. The lowest BCUT2D eigenvalue weighted by atomic mass is 10.1. The molecule has 0 amide bonds. The quantitative estimate of drug-likeness (QED) is 0.858. The third-order valence-electron chi connectivity index (χ3n) is 2.55. The standard InChI is InChI=1S/C14H17N3S/c1-10-9-11(2)17-14(16-10)18-13-6-4-3-5-12(13)7-8-15/h3-6,9H,7-8,15H2,1-2H3. The molecule has 2 aromatic rings. The number of nitrogens with two attached hydrogens (primary N) is 1. The second-order valence-electron chi connectivity index (χ2n) is 4.18. The first-order valence-corrected chi connectivity index (χ1v) is 6.79. The third-order valence-corrected chi connectivity index (χ3v) is 3.53.